The molecule has 0 bridgehead atoms. The summed E-state index contributed by atoms with van der Waals surface area (Å²) in [6.45, 7) is 35.9. The minimum Gasteiger partial charge on any atom is -0.399 e. The van der Waals surface area contributed by atoms with E-state index in [2.05, 4.69) is 195 Å². The molecule has 2 heterocycles. The Morgan fingerprint density at radius 1 is 0.469 bits per heavy atom. The van der Waals surface area contributed by atoms with Crippen LogP contribution in [0.4, 0.5) is 17.1 Å². The van der Waals surface area contributed by atoms with Crippen LogP contribution in [0.5, 0.6) is 0 Å². The van der Waals surface area contributed by atoms with Crippen LogP contribution in [0.1, 0.15) is 197 Å². The van der Waals surface area contributed by atoms with Crippen LogP contribution in [0.2, 0.25) is 0 Å². The van der Waals surface area contributed by atoms with Crippen molar-refractivity contribution in [3.8, 4) is 11.1 Å². The summed E-state index contributed by atoms with van der Waals surface area (Å²) < 4.78 is 26.2. The normalized spacial score (nSPS) is 19.2. The zero-order valence-corrected chi connectivity index (χ0v) is 42.8. The van der Waals surface area contributed by atoms with Crippen LogP contribution in [-0.4, -0.2) is 36.6 Å². The topological polar surface area (TPSA) is 40.2 Å². The summed E-state index contributed by atoms with van der Waals surface area (Å²) in [6.07, 6.45) is 12.3. The number of nitrogens with zero attached hydrogens (tertiary/aromatic N) is 1. The van der Waals surface area contributed by atoms with Crippen LogP contribution in [-0.2, 0) is 34.9 Å². The zero-order chi connectivity index (χ0) is 46.7. The highest BCUT2D eigenvalue weighted by molar-refractivity contribution is 6.62. The Hall–Kier alpha value is -3.35. The van der Waals surface area contributed by atoms with Crippen LogP contribution < -0.4 is 15.8 Å². The molecule has 2 fully saturated rings. The van der Waals surface area contributed by atoms with Gasteiger partial charge in [-0.2, -0.15) is 0 Å². The highest BCUT2D eigenvalue weighted by Gasteiger charge is 2.53. The Morgan fingerprint density at radius 3 is 1.27 bits per heavy atom. The van der Waals surface area contributed by atoms with E-state index >= 15 is 0 Å². The van der Waals surface area contributed by atoms with Crippen molar-refractivity contribution >= 4 is 42.2 Å². The molecule has 2 aliphatic heterocycles. The summed E-state index contributed by atoms with van der Waals surface area (Å²) in [6, 6.07) is 30.5. The molecule has 7 heteroatoms. The second-order valence-electron chi connectivity index (χ2n) is 23.6. The minimum atomic E-state index is -0.440. The van der Waals surface area contributed by atoms with Crippen LogP contribution in [0.3, 0.4) is 0 Å². The van der Waals surface area contributed by atoms with E-state index in [1.165, 1.54) is 90.4 Å². The molecule has 0 N–H and O–H groups in total. The van der Waals surface area contributed by atoms with Gasteiger partial charge in [0.2, 0.25) is 0 Å². The second kappa shape index (κ2) is 17.7. The van der Waals surface area contributed by atoms with Gasteiger partial charge in [-0.25, -0.2) is 0 Å². The number of fused-ring (bicyclic) bond motifs is 3. The molecule has 344 valence electrons. The van der Waals surface area contributed by atoms with Gasteiger partial charge in [-0.05, 0) is 148 Å². The molecule has 0 radical (unpaired) electrons. The fourth-order valence-electron chi connectivity index (χ4n) is 9.98. The van der Waals surface area contributed by atoms with E-state index in [9.17, 15) is 0 Å². The van der Waals surface area contributed by atoms with E-state index in [1.54, 1.807) is 0 Å². The van der Waals surface area contributed by atoms with Crippen molar-refractivity contribution in [1.29, 1.82) is 0 Å². The molecule has 0 unspecified atom stereocenters. The predicted octanol–water partition coefficient (Wildman–Crippen LogP) is 14.6. The van der Waals surface area contributed by atoms with Crippen molar-refractivity contribution in [2.45, 2.75) is 214 Å². The molecular formula is C57H81B2NO4. The lowest BCUT2D eigenvalue weighted by atomic mass is 9.68. The molecular weight excluding hydrogens is 784 g/mol. The first-order chi connectivity index (χ1) is 29.9. The van der Waals surface area contributed by atoms with Gasteiger partial charge in [0.15, 0.2) is 0 Å². The van der Waals surface area contributed by atoms with E-state index in [0.29, 0.717) is 0 Å². The molecule has 4 aromatic rings. The number of hydrogen-bond acceptors (Lipinski definition) is 5. The van der Waals surface area contributed by atoms with Gasteiger partial charge in [0.25, 0.3) is 0 Å². The van der Waals surface area contributed by atoms with Crippen LogP contribution in [0, 0.1) is 0 Å². The summed E-state index contributed by atoms with van der Waals surface area (Å²) in [5, 5.41) is 0. The molecule has 0 aromatic heterocycles. The lowest BCUT2D eigenvalue weighted by Crippen LogP contribution is -2.41. The number of rotatable bonds is 15. The summed E-state index contributed by atoms with van der Waals surface area (Å²) in [5.74, 6) is 0. The lowest BCUT2D eigenvalue weighted by Gasteiger charge is -2.36. The fraction of sp³-hybridized carbons (Fsp3) is 0.579. The third-order valence-electron chi connectivity index (χ3n) is 15.7. The summed E-state index contributed by atoms with van der Waals surface area (Å²) in [4.78, 5) is 2.52. The van der Waals surface area contributed by atoms with Gasteiger partial charge in [0, 0.05) is 22.4 Å². The molecule has 0 atom stereocenters. The number of hydrogen-bond donors (Lipinski definition) is 0. The van der Waals surface area contributed by atoms with Crippen molar-refractivity contribution in [2.75, 3.05) is 4.90 Å². The quantitative estimate of drug-likeness (QED) is 0.0879. The van der Waals surface area contributed by atoms with Crippen molar-refractivity contribution in [1.82, 2.24) is 0 Å². The second-order valence-corrected chi connectivity index (χ2v) is 23.6. The summed E-state index contributed by atoms with van der Waals surface area (Å²) in [5.41, 5.74) is 12.2. The average Bonchev–Trinajstić information content (AvgIpc) is 3.72. The largest absolute Gasteiger partial charge is 0.494 e. The predicted molar refractivity (Wildman–Crippen MR) is 274 cm³/mol. The monoisotopic (exact) mass is 866 g/mol. The number of benzene rings is 4. The van der Waals surface area contributed by atoms with Gasteiger partial charge in [-0.3, -0.25) is 0 Å². The van der Waals surface area contributed by atoms with E-state index in [4.69, 9.17) is 18.6 Å². The molecule has 7 rings (SSSR count). The Morgan fingerprint density at radius 2 is 0.875 bits per heavy atom. The van der Waals surface area contributed by atoms with E-state index in [-0.39, 0.29) is 16.2 Å². The maximum atomic E-state index is 6.56. The molecule has 3 aliphatic rings. The Bertz CT molecular complexity index is 2140. The van der Waals surface area contributed by atoms with Gasteiger partial charge in [0.05, 0.1) is 28.1 Å². The average molecular weight is 866 g/mol. The standard InChI is InChI=1S/C57H81B2NO4/c1-17-19-21-23-35-57(36-24-22-20-18-2)47-37-40(51(3,4)5)25-34-46(47)50-48(57)38-41(52(6,7)8)39-49(50)60(44-30-26-42(27-31-44)58-61-53(9,10)54(11,12)62-58)45-32-28-43(29-33-45)59-63-55(13,14)56(15,16)64-59/h25-34,37-39H,17-24,35-36H2,1-16H3. The van der Waals surface area contributed by atoms with Crippen LogP contribution in [0.15, 0.2) is 78.9 Å². The van der Waals surface area contributed by atoms with Gasteiger partial charge >= 0.3 is 14.2 Å². The fourth-order valence-corrected chi connectivity index (χ4v) is 9.98. The molecule has 1 aliphatic carbocycles. The third-order valence-corrected chi connectivity index (χ3v) is 15.7. The van der Waals surface area contributed by atoms with Crippen LogP contribution in [0.25, 0.3) is 11.1 Å². The molecule has 5 nitrogen and oxygen atoms in total. The SMILES string of the molecule is CCCCCCC1(CCCCCC)c2cc(C(C)(C)C)ccc2-c2c(N(c3ccc(B4OC(C)(C)C(C)(C)O4)cc3)c3ccc(B4OC(C)(C)C(C)(C)O4)cc3)cc(C(C)(C)C)cc21. The lowest BCUT2D eigenvalue weighted by molar-refractivity contribution is 0.00578. The van der Waals surface area contributed by atoms with E-state index < -0.39 is 36.6 Å². The number of unbranched alkanes of at least 4 members (excludes halogenated alkanes) is 6. The maximum absolute atomic E-state index is 6.56. The number of anilines is 3. The highest BCUT2D eigenvalue weighted by atomic mass is 16.7. The van der Waals surface area contributed by atoms with Gasteiger partial charge in [-0.15, -0.1) is 0 Å². The zero-order valence-electron chi connectivity index (χ0n) is 42.8. The van der Waals surface area contributed by atoms with Crippen molar-refractivity contribution in [3.63, 3.8) is 0 Å². The third kappa shape index (κ3) is 9.19. The van der Waals surface area contributed by atoms with Gasteiger partial charge < -0.3 is 23.5 Å². The van der Waals surface area contributed by atoms with E-state index in [1.807, 2.05) is 0 Å². The van der Waals surface area contributed by atoms with Crippen LogP contribution >= 0.6 is 0 Å². The molecule has 64 heavy (non-hydrogen) atoms. The van der Waals surface area contributed by atoms with E-state index in [0.717, 1.165) is 35.1 Å². The smallest absolute Gasteiger partial charge is 0.399 e. The minimum absolute atomic E-state index is 0.0310. The summed E-state index contributed by atoms with van der Waals surface area (Å²) in [7, 11) is -0.879. The maximum Gasteiger partial charge on any atom is 0.494 e. The molecule has 0 amide bonds. The van der Waals surface area contributed by atoms with Crippen molar-refractivity contribution < 1.29 is 18.6 Å². The molecule has 0 spiro atoms. The first-order valence-electron chi connectivity index (χ1n) is 24.9. The van der Waals surface area contributed by atoms with Gasteiger partial charge in [-0.1, -0.05) is 155 Å². The molecule has 0 saturated carbocycles. The van der Waals surface area contributed by atoms with Crippen molar-refractivity contribution in [2.24, 2.45) is 0 Å². The highest BCUT2D eigenvalue weighted by Crippen LogP contribution is 2.60. The summed E-state index contributed by atoms with van der Waals surface area (Å²) >= 11 is 0. The molecule has 4 aromatic carbocycles. The molecule has 2 saturated heterocycles. The van der Waals surface area contributed by atoms with Crippen molar-refractivity contribution in [3.05, 3.63) is 101 Å². The Balaban J connectivity index is 1.47. The first kappa shape index (κ1) is 48.6. The Kier molecular flexibility index (Phi) is 13.4. The first-order valence-corrected chi connectivity index (χ1v) is 24.9. The van der Waals surface area contributed by atoms with Gasteiger partial charge in [0.1, 0.15) is 0 Å². The Labute approximate surface area is 390 Å².